The van der Waals surface area contributed by atoms with Crippen molar-refractivity contribution in [3.63, 3.8) is 0 Å². The van der Waals surface area contributed by atoms with Crippen LogP contribution in [0.25, 0.3) is 11.3 Å². The fourth-order valence-corrected chi connectivity index (χ4v) is 3.58. The third kappa shape index (κ3) is 5.57. The number of morpholine rings is 1. The van der Waals surface area contributed by atoms with Crippen molar-refractivity contribution >= 4 is 17.5 Å². The van der Waals surface area contributed by atoms with E-state index in [9.17, 15) is 14.0 Å². The lowest BCUT2D eigenvalue weighted by molar-refractivity contribution is -0.119. The number of hydrogen-bond donors (Lipinski definition) is 2. The molecular weight excluding hydrogens is 425 g/mol. The summed E-state index contributed by atoms with van der Waals surface area (Å²) in [6.45, 7) is 1.64. The minimum absolute atomic E-state index is 0.124. The van der Waals surface area contributed by atoms with Gasteiger partial charge in [0.05, 0.1) is 30.2 Å². The second kappa shape index (κ2) is 10.3. The van der Waals surface area contributed by atoms with Crippen molar-refractivity contribution in [3.8, 4) is 11.3 Å². The van der Waals surface area contributed by atoms with E-state index in [0.29, 0.717) is 31.1 Å². The highest BCUT2D eigenvalue weighted by atomic mass is 19.1. The molecule has 1 aliphatic heterocycles. The van der Waals surface area contributed by atoms with Crippen LogP contribution in [0.3, 0.4) is 0 Å². The van der Waals surface area contributed by atoms with E-state index in [1.165, 1.54) is 12.1 Å². The van der Waals surface area contributed by atoms with Crippen LogP contribution in [0.5, 0.6) is 0 Å². The van der Waals surface area contributed by atoms with Crippen LogP contribution >= 0.6 is 0 Å². The van der Waals surface area contributed by atoms with Crippen molar-refractivity contribution in [1.29, 1.82) is 0 Å². The first-order valence-electron chi connectivity index (χ1n) is 10.6. The smallest absolute Gasteiger partial charge is 0.269 e. The topological polar surface area (TPSA) is 96.5 Å². The molecule has 170 valence electrons. The van der Waals surface area contributed by atoms with E-state index in [1.54, 1.807) is 37.5 Å². The fourth-order valence-electron chi connectivity index (χ4n) is 3.58. The predicted octanol–water partition coefficient (Wildman–Crippen LogP) is 2.65. The quantitative estimate of drug-likeness (QED) is 0.601. The average Bonchev–Trinajstić information content (AvgIpc) is 2.85. The van der Waals surface area contributed by atoms with Crippen molar-refractivity contribution in [2.45, 2.75) is 6.10 Å². The normalized spacial score (nSPS) is 16.2. The van der Waals surface area contributed by atoms with Crippen LogP contribution in [-0.2, 0) is 9.53 Å². The Morgan fingerprint density at radius 3 is 2.76 bits per heavy atom. The summed E-state index contributed by atoms with van der Waals surface area (Å²) in [6.07, 6.45) is 1.30. The number of hydrogen-bond acceptors (Lipinski definition) is 6. The molecule has 1 fully saturated rings. The molecule has 9 heteroatoms. The minimum atomic E-state index is -0.468. The van der Waals surface area contributed by atoms with Gasteiger partial charge in [0.25, 0.3) is 5.91 Å². The number of ether oxygens (including phenoxy) is 1. The van der Waals surface area contributed by atoms with E-state index in [-0.39, 0.29) is 30.2 Å². The molecule has 3 heterocycles. The van der Waals surface area contributed by atoms with Gasteiger partial charge in [-0.3, -0.25) is 19.5 Å². The molecule has 0 spiro atoms. The van der Waals surface area contributed by atoms with Crippen molar-refractivity contribution in [2.75, 3.05) is 38.6 Å². The Bertz CT molecular complexity index is 1140. The molecule has 1 aliphatic rings. The van der Waals surface area contributed by atoms with Crippen LogP contribution in [0.1, 0.15) is 22.3 Å². The SMILES string of the molecule is CNC(=O)c1ccc(-c2cccc([C@H]3CN(CC(=O)Nc4ccccc4F)CCO3)n2)cn1. The summed E-state index contributed by atoms with van der Waals surface area (Å²) in [5.74, 6) is -1.01. The number of nitrogens with one attached hydrogen (secondary N) is 2. The Kier molecular flexibility index (Phi) is 7.01. The molecule has 0 unspecified atom stereocenters. The molecule has 1 saturated heterocycles. The zero-order chi connectivity index (χ0) is 23.2. The van der Waals surface area contributed by atoms with E-state index >= 15 is 0 Å². The predicted molar refractivity (Wildman–Crippen MR) is 121 cm³/mol. The second-order valence-corrected chi connectivity index (χ2v) is 7.58. The van der Waals surface area contributed by atoms with Crippen LogP contribution < -0.4 is 10.6 Å². The summed E-state index contributed by atoms with van der Waals surface area (Å²) in [7, 11) is 1.56. The Morgan fingerprint density at radius 1 is 1.15 bits per heavy atom. The Hall–Kier alpha value is -3.69. The van der Waals surface area contributed by atoms with Crippen LogP contribution in [0.4, 0.5) is 10.1 Å². The molecular formula is C24H24FN5O3. The largest absolute Gasteiger partial charge is 0.369 e. The molecule has 0 radical (unpaired) electrons. The number of carbonyl (C=O) groups is 2. The molecule has 2 aromatic heterocycles. The fraction of sp³-hybridized carbons (Fsp3) is 0.250. The number of pyridine rings is 2. The summed E-state index contributed by atoms with van der Waals surface area (Å²) in [4.78, 5) is 35.0. The molecule has 0 bridgehead atoms. The lowest BCUT2D eigenvalue weighted by Crippen LogP contribution is -2.42. The van der Waals surface area contributed by atoms with Crippen LogP contribution in [0.2, 0.25) is 0 Å². The zero-order valence-corrected chi connectivity index (χ0v) is 18.1. The molecule has 3 aromatic rings. The van der Waals surface area contributed by atoms with Gasteiger partial charge in [-0.2, -0.15) is 0 Å². The minimum Gasteiger partial charge on any atom is -0.369 e. The zero-order valence-electron chi connectivity index (χ0n) is 18.1. The van der Waals surface area contributed by atoms with Gasteiger partial charge in [-0.25, -0.2) is 9.37 Å². The monoisotopic (exact) mass is 449 g/mol. The molecule has 0 aliphatic carbocycles. The first-order valence-corrected chi connectivity index (χ1v) is 10.6. The van der Waals surface area contributed by atoms with E-state index < -0.39 is 5.82 Å². The molecule has 2 N–H and O–H groups in total. The third-order valence-corrected chi connectivity index (χ3v) is 5.29. The summed E-state index contributed by atoms with van der Waals surface area (Å²) in [6, 6.07) is 15.2. The number of amides is 2. The number of halogens is 1. The number of aromatic nitrogens is 2. The van der Waals surface area contributed by atoms with Crippen molar-refractivity contribution < 1.29 is 18.7 Å². The molecule has 4 rings (SSSR count). The van der Waals surface area contributed by atoms with Gasteiger partial charge in [-0.05, 0) is 36.4 Å². The molecule has 2 amide bonds. The first kappa shape index (κ1) is 22.5. The van der Waals surface area contributed by atoms with Crippen LogP contribution in [0, 0.1) is 5.82 Å². The van der Waals surface area contributed by atoms with Gasteiger partial charge in [0, 0.05) is 31.9 Å². The van der Waals surface area contributed by atoms with Gasteiger partial charge in [-0.1, -0.05) is 18.2 Å². The Labute approximate surface area is 190 Å². The van der Waals surface area contributed by atoms with Crippen molar-refractivity contribution in [3.05, 3.63) is 78.0 Å². The number of nitrogens with zero attached hydrogens (tertiary/aromatic N) is 3. The molecule has 1 atom stereocenters. The van der Waals surface area contributed by atoms with Crippen LogP contribution in [0.15, 0.2) is 60.8 Å². The van der Waals surface area contributed by atoms with E-state index in [1.807, 2.05) is 23.1 Å². The van der Waals surface area contributed by atoms with Crippen LogP contribution in [-0.4, -0.2) is 60.0 Å². The van der Waals surface area contributed by atoms with Gasteiger partial charge in [0.1, 0.15) is 17.6 Å². The van der Waals surface area contributed by atoms with Crippen molar-refractivity contribution in [1.82, 2.24) is 20.2 Å². The number of carbonyl (C=O) groups excluding carboxylic acids is 2. The average molecular weight is 449 g/mol. The number of para-hydroxylation sites is 1. The molecule has 0 saturated carbocycles. The lowest BCUT2D eigenvalue weighted by Gasteiger charge is -2.32. The van der Waals surface area contributed by atoms with Gasteiger partial charge in [-0.15, -0.1) is 0 Å². The summed E-state index contributed by atoms with van der Waals surface area (Å²) in [5.41, 5.74) is 2.72. The first-order chi connectivity index (χ1) is 16.0. The number of benzene rings is 1. The third-order valence-electron chi connectivity index (χ3n) is 5.29. The van der Waals surface area contributed by atoms with E-state index in [4.69, 9.17) is 9.72 Å². The van der Waals surface area contributed by atoms with Gasteiger partial charge >= 0.3 is 0 Å². The Morgan fingerprint density at radius 2 is 2.00 bits per heavy atom. The molecule has 1 aromatic carbocycles. The van der Waals surface area contributed by atoms with E-state index in [2.05, 4.69) is 15.6 Å². The van der Waals surface area contributed by atoms with Crippen molar-refractivity contribution in [2.24, 2.45) is 0 Å². The highest BCUT2D eigenvalue weighted by Gasteiger charge is 2.25. The maximum atomic E-state index is 13.8. The number of rotatable bonds is 6. The summed E-state index contributed by atoms with van der Waals surface area (Å²) in [5, 5.41) is 5.15. The van der Waals surface area contributed by atoms with Gasteiger partial charge < -0.3 is 15.4 Å². The maximum Gasteiger partial charge on any atom is 0.269 e. The summed E-state index contributed by atoms with van der Waals surface area (Å²) >= 11 is 0. The van der Waals surface area contributed by atoms with Gasteiger partial charge in [0.2, 0.25) is 5.91 Å². The maximum absolute atomic E-state index is 13.8. The molecule has 33 heavy (non-hydrogen) atoms. The highest BCUT2D eigenvalue weighted by molar-refractivity contribution is 5.92. The summed E-state index contributed by atoms with van der Waals surface area (Å²) < 4.78 is 19.7. The van der Waals surface area contributed by atoms with Gasteiger partial charge in [0.15, 0.2) is 0 Å². The number of anilines is 1. The second-order valence-electron chi connectivity index (χ2n) is 7.58. The standard InChI is InChI=1S/C24H24FN5O3/c1-26-24(32)21-10-9-16(13-27-21)18-7-4-8-20(28-18)22-14-30(11-12-33-22)15-23(31)29-19-6-3-2-5-17(19)25/h2-10,13,22H,11-12,14-15H2,1H3,(H,26,32)(H,29,31)/t22-/m1/s1. The Balaban J connectivity index is 1.41. The highest BCUT2D eigenvalue weighted by Crippen LogP contribution is 2.24. The lowest BCUT2D eigenvalue weighted by atomic mass is 10.1. The van der Waals surface area contributed by atoms with E-state index in [0.717, 1.165) is 11.3 Å². The molecule has 8 nitrogen and oxygen atoms in total.